The quantitative estimate of drug-likeness (QED) is 0.831. The van der Waals surface area contributed by atoms with Gasteiger partial charge < -0.3 is 0 Å². The molecule has 1 N–H and O–H groups in total. The van der Waals surface area contributed by atoms with Gasteiger partial charge in [0, 0.05) is 17.0 Å². The Morgan fingerprint density at radius 2 is 1.54 bits per heavy atom. The minimum atomic E-state index is -0.240. The number of fused-ring (bicyclic) bond motifs is 1. The maximum atomic E-state index is 12.8. The molecule has 1 aromatic heterocycles. The largest absolute Gasteiger partial charge is 0.274 e. The van der Waals surface area contributed by atoms with Gasteiger partial charge in [0.05, 0.1) is 17.5 Å². The number of carbonyl (C=O) groups excluding carboxylic acids is 3. The monoisotopic (exact) mass is 379 g/mol. The second kappa shape index (κ2) is 6.93. The van der Waals surface area contributed by atoms with Crippen molar-refractivity contribution in [3.8, 4) is 0 Å². The van der Waals surface area contributed by atoms with Crippen molar-refractivity contribution in [3.05, 3.63) is 53.3 Å². The Labute approximate surface area is 164 Å². The zero-order valence-corrected chi connectivity index (χ0v) is 16.4. The van der Waals surface area contributed by atoms with E-state index < -0.39 is 0 Å². The highest BCUT2D eigenvalue weighted by Crippen LogP contribution is 2.42. The van der Waals surface area contributed by atoms with E-state index >= 15 is 0 Å². The fraction of sp³-hybridized carbons (Fsp3) is 0.409. The average molecular weight is 379 g/mol. The lowest BCUT2D eigenvalue weighted by molar-refractivity contribution is -0.122. The third-order valence-corrected chi connectivity index (χ3v) is 6.06. The summed E-state index contributed by atoms with van der Waals surface area (Å²) in [5, 5.41) is 0. The minimum Gasteiger partial charge on any atom is -0.274 e. The Bertz CT molecular complexity index is 925. The van der Waals surface area contributed by atoms with Gasteiger partial charge in [-0.25, -0.2) is 0 Å². The van der Waals surface area contributed by atoms with Gasteiger partial charge in [-0.15, -0.1) is 0 Å². The molecule has 1 saturated heterocycles. The van der Waals surface area contributed by atoms with Gasteiger partial charge in [-0.1, -0.05) is 6.92 Å². The molecule has 1 saturated carbocycles. The molecule has 3 amide bonds. The van der Waals surface area contributed by atoms with Crippen LogP contribution in [0.25, 0.3) is 0 Å². The third kappa shape index (κ3) is 3.03. The first-order valence-electron chi connectivity index (χ1n) is 9.81. The van der Waals surface area contributed by atoms with E-state index in [2.05, 4.69) is 12.3 Å². The lowest BCUT2D eigenvalue weighted by Gasteiger charge is -2.25. The van der Waals surface area contributed by atoms with Gasteiger partial charge in [0.25, 0.3) is 5.91 Å². The molecule has 146 valence electrons. The Kier molecular flexibility index (Phi) is 4.57. The van der Waals surface area contributed by atoms with Crippen molar-refractivity contribution >= 4 is 23.4 Å². The number of hydrogen-bond acceptors (Lipinski definition) is 3. The van der Waals surface area contributed by atoms with Crippen LogP contribution in [0.1, 0.15) is 47.9 Å². The first-order valence-corrected chi connectivity index (χ1v) is 9.81. The molecule has 0 radical (unpaired) electrons. The molecular formula is C22H25N3O3. The molecule has 2 aromatic rings. The summed E-state index contributed by atoms with van der Waals surface area (Å²) in [6.07, 6.45) is 2.55. The Morgan fingerprint density at radius 1 is 0.929 bits per heavy atom. The molecule has 0 bridgehead atoms. The van der Waals surface area contributed by atoms with Crippen LogP contribution in [0.5, 0.6) is 0 Å². The van der Waals surface area contributed by atoms with E-state index in [4.69, 9.17) is 0 Å². The number of aromatic nitrogens is 1. The molecule has 2 fully saturated rings. The first kappa shape index (κ1) is 18.5. The molecule has 0 spiro atoms. The molecule has 1 aliphatic heterocycles. The van der Waals surface area contributed by atoms with Crippen LogP contribution in [0.15, 0.2) is 36.4 Å². The number of imide groups is 1. The predicted octanol–water partition coefficient (Wildman–Crippen LogP) is 3.41. The molecule has 28 heavy (non-hydrogen) atoms. The van der Waals surface area contributed by atoms with E-state index in [9.17, 15) is 14.4 Å². The first-order chi connectivity index (χ1) is 13.4. The van der Waals surface area contributed by atoms with Gasteiger partial charge in [-0.3, -0.25) is 29.4 Å². The van der Waals surface area contributed by atoms with E-state index in [0.29, 0.717) is 17.2 Å². The van der Waals surface area contributed by atoms with Crippen molar-refractivity contribution in [2.75, 3.05) is 10.3 Å². The minimum absolute atomic E-state index is 0.0994. The van der Waals surface area contributed by atoms with Crippen LogP contribution in [-0.2, 0) is 9.59 Å². The number of aryl methyl sites for hydroxylation is 2. The lowest BCUT2D eigenvalue weighted by atomic mass is 9.76. The summed E-state index contributed by atoms with van der Waals surface area (Å²) >= 11 is 0. The van der Waals surface area contributed by atoms with Crippen LogP contribution in [0.2, 0.25) is 0 Å². The smallest absolute Gasteiger partial charge is 0.270 e. The van der Waals surface area contributed by atoms with E-state index in [0.717, 1.165) is 30.7 Å². The second-order valence-electron chi connectivity index (χ2n) is 8.08. The Morgan fingerprint density at radius 3 is 2.18 bits per heavy atom. The lowest BCUT2D eigenvalue weighted by Crippen LogP contribution is -2.31. The number of rotatable bonds is 3. The SMILES string of the molecule is Cc1ccc(C)n1NC(=O)c1ccc(N2C(=O)[C@@H]3CC[C@@H](C)C[C@H]3C2=O)cc1. The van der Waals surface area contributed by atoms with Gasteiger partial charge in [0.15, 0.2) is 0 Å². The number of nitrogens with zero attached hydrogens (tertiary/aromatic N) is 2. The zero-order valence-electron chi connectivity index (χ0n) is 16.4. The van der Waals surface area contributed by atoms with Gasteiger partial charge in [-0.05, 0) is 75.4 Å². The topological polar surface area (TPSA) is 71.4 Å². The van der Waals surface area contributed by atoms with E-state index in [1.165, 1.54) is 4.90 Å². The van der Waals surface area contributed by atoms with E-state index in [1.807, 2.05) is 26.0 Å². The maximum absolute atomic E-state index is 12.8. The second-order valence-corrected chi connectivity index (χ2v) is 8.08. The van der Waals surface area contributed by atoms with Crippen molar-refractivity contribution < 1.29 is 14.4 Å². The standard InChI is InChI=1S/C22H25N3O3/c1-13-4-11-18-19(12-13)22(28)24(21(18)27)17-9-7-16(8-10-17)20(26)23-25-14(2)5-6-15(25)3/h5-10,13,18-19H,4,11-12H2,1-3H3,(H,23,26)/t13-,18-,19-/m1/s1. The van der Waals surface area contributed by atoms with Gasteiger partial charge in [0.1, 0.15) is 0 Å². The highest BCUT2D eigenvalue weighted by Gasteiger charge is 2.49. The summed E-state index contributed by atoms with van der Waals surface area (Å²) in [5.74, 6) is -0.347. The van der Waals surface area contributed by atoms with E-state index in [1.54, 1.807) is 28.9 Å². The fourth-order valence-corrected chi connectivity index (χ4v) is 4.42. The van der Waals surface area contributed by atoms with Crippen LogP contribution < -0.4 is 10.3 Å². The molecule has 1 aliphatic carbocycles. The number of anilines is 1. The molecule has 6 heteroatoms. The normalized spacial score (nSPS) is 24.4. The number of nitrogens with one attached hydrogen (secondary N) is 1. The molecule has 2 aliphatic rings. The van der Waals surface area contributed by atoms with Crippen LogP contribution >= 0.6 is 0 Å². The van der Waals surface area contributed by atoms with Crippen molar-refractivity contribution in [2.24, 2.45) is 17.8 Å². The zero-order chi connectivity index (χ0) is 20.0. The predicted molar refractivity (Wildman–Crippen MR) is 107 cm³/mol. The van der Waals surface area contributed by atoms with Crippen molar-refractivity contribution in [1.29, 1.82) is 0 Å². The summed E-state index contributed by atoms with van der Waals surface area (Å²) in [6.45, 7) is 5.97. The van der Waals surface area contributed by atoms with Gasteiger partial charge in [-0.2, -0.15) is 0 Å². The summed E-state index contributed by atoms with van der Waals surface area (Å²) in [7, 11) is 0. The van der Waals surface area contributed by atoms with Gasteiger partial charge in [0.2, 0.25) is 11.8 Å². The molecule has 4 rings (SSSR count). The van der Waals surface area contributed by atoms with Crippen molar-refractivity contribution in [2.45, 2.75) is 40.0 Å². The molecule has 1 aromatic carbocycles. The van der Waals surface area contributed by atoms with E-state index in [-0.39, 0.29) is 29.6 Å². The molecule has 2 heterocycles. The van der Waals surface area contributed by atoms with Crippen LogP contribution in [0, 0.1) is 31.6 Å². The van der Waals surface area contributed by atoms with Gasteiger partial charge >= 0.3 is 0 Å². The maximum Gasteiger partial charge on any atom is 0.270 e. The highest BCUT2D eigenvalue weighted by atomic mass is 16.2. The van der Waals surface area contributed by atoms with Crippen LogP contribution in [0.3, 0.4) is 0 Å². The summed E-state index contributed by atoms with van der Waals surface area (Å²) in [5.41, 5.74) is 5.75. The summed E-state index contributed by atoms with van der Waals surface area (Å²) in [4.78, 5) is 39.5. The number of carbonyl (C=O) groups is 3. The summed E-state index contributed by atoms with van der Waals surface area (Å²) < 4.78 is 1.73. The number of amides is 3. The molecule has 0 unspecified atom stereocenters. The summed E-state index contributed by atoms with van der Waals surface area (Å²) in [6, 6.07) is 10.5. The Balaban J connectivity index is 1.52. The Hall–Kier alpha value is -2.89. The van der Waals surface area contributed by atoms with Crippen molar-refractivity contribution in [1.82, 2.24) is 4.68 Å². The molecule has 6 nitrogen and oxygen atoms in total. The molecule has 3 atom stereocenters. The van der Waals surface area contributed by atoms with Crippen LogP contribution in [-0.4, -0.2) is 22.4 Å². The highest BCUT2D eigenvalue weighted by molar-refractivity contribution is 6.22. The van der Waals surface area contributed by atoms with Crippen LogP contribution in [0.4, 0.5) is 5.69 Å². The fourth-order valence-electron chi connectivity index (χ4n) is 4.42. The number of hydrogen-bond donors (Lipinski definition) is 1. The average Bonchev–Trinajstić information content (AvgIpc) is 3.12. The van der Waals surface area contributed by atoms with Crippen molar-refractivity contribution in [3.63, 3.8) is 0 Å². The number of benzene rings is 1. The third-order valence-electron chi connectivity index (χ3n) is 6.06. The molecular weight excluding hydrogens is 354 g/mol.